The molecular formula is C13H8NS. The van der Waals surface area contributed by atoms with Gasteiger partial charge in [0, 0.05) is 27.4 Å². The SMILES string of the molecule is [c]1ccc(-c2ccnc3ccccc23)s1. The third kappa shape index (κ3) is 1.43. The first-order valence-corrected chi connectivity index (χ1v) is 5.57. The van der Waals surface area contributed by atoms with Crippen molar-refractivity contribution in [2.75, 3.05) is 0 Å². The Morgan fingerprint density at radius 3 is 2.87 bits per heavy atom. The highest BCUT2D eigenvalue weighted by Gasteiger charge is 2.03. The van der Waals surface area contributed by atoms with Gasteiger partial charge >= 0.3 is 0 Å². The van der Waals surface area contributed by atoms with Gasteiger partial charge in [0.15, 0.2) is 0 Å². The van der Waals surface area contributed by atoms with E-state index in [1.165, 1.54) is 15.8 Å². The first kappa shape index (κ1) is 8.62. The van der Waals surface area contributed by atoms with Gasteiger partial charge in [-0.3, -0.25) is 4.98 Å². The number of rotatable bonds is 1. The van der Waals surface area contributed by atoms with Crippen molar-refractivity contribution < 1.29 is 0 Å². The summed E-state index contributed by atoms with van der Waals surface area (Å²) in [6, 6.07) is 14.3. The number of benzene rings is 1. The Balaban J connectivity index is 2.36. The second-order valence-corrected chi connectivity index (χ2v) is 4.17. The Bertz CT molecular complexity index is 579. The fourth-order valence-corrected chi connectivity index (χ4v) is 2.38. The van der Waals surface area contributed by atoms with Gasteiger partial charge in [-0.15, -0.1) is 11.3 Å². The first-order chi connectivity index (χ1) is 7.45. The Morgan fingerprint density at radius 1 is 1.07 bits per heavy atom. The molecule has 0 spiro atoms. The summed E-state index contributed by atoms with van der Waals surface area (Å²) in [6.45, 7) is 0. The van der Waals surface area contributed by atoms with Crippen LogP contribution in [0.1, 0.15) is 0 Å². The van der Waals surface area contributed by atoms with Gasteiger partial charge in [0.05, 0.1) is 5.52 Å². The van der Waals surface area contributed by atoms with Crippen LogP contribution in [-0.4, -0.2) is 4.98 Å². The number of pyridine rings is 1. The second kappa shape index (κ2) is 3.48. The molecule has 0 saturated carbocycles. The third-order valence-corrected chi connectivity index (χ3v) is 3.22. The Hall–Kier alpha value is -1.67. The molecule has 15 heavy (non-hydrogen) atoms. The van der Waals surface area contributed by atoms with Crippen molar-refractivity contribution in [2.45, 2.75) is 0 Å². The lowest BCUT2D eigenvalue weighted by Crippen LogP contribution is -1.80. The van der Waals surface area contributed by atoms with Crippen LogP contribution >= 0.6 is 11.3 Å². The van der Waals surface area contributed by atoms with E-state index in [1.807, 2.05) is 30.5 Å². The van der Waals surface area contributed by atoms with Crippen LogP contribution in [0, 0.1) is 5.38 Å². The van der Waals surface area contributed by atoms with E-state index in [-0.39, 0.29) is 0 Å². The standard InChI is InChI=1S/C13H8NS/c1-2-5-12-10(4-1)11(7-8-14-12)13-6-3-9-15-13/h1-8H. The van der Waals surface area contributed by atoms with E-state index in [0.29, 0.717) is 0 Å². The maximum Gasteiger partial charge on any atom is 0.0708 e. The number of nitrogens with zero attached hydrogens (tertiary/aromatic N) is 1. The lowest BCUT2D eigenvalue weighted by molar-refractivity contribution is 1.41. The summed E-state index contributed by atoms with van der Waals surface area (Å²) < 4.78 is 0. The predicted molar refractivity (Wildman–Crippen MR) is 63.9 cm³/mol. The van der Waals surface area contributed by atoms with Gasteiger partial charge in [-0.25, -0.2) is 0 Å². The summed E-state index contributed by atoms with van der Waals surface area (Å²) in [5.41, 5.74) is 2.29. The van der Waals surface area contributed by atoms with Crippen molar-refractivity contribution in [3.8, 4) is 10.4 Å². The predicted octanol–water partition coefficient (Wildman–Crippen LogP) is 3.76. The van der Waals surface area contributed by atoms with Crippen LogP contribution in [-0.2, 0) is 0 Å². The molecule has 0 atom stereocenters. The largest absolute Gasteiger partial charge is 0.256 e. The van der Waals surface area contributed by atoms with Crippen LogP contribution in [0.4, 0.5) is 0 Å². The van der Waals surface area contributed by atoms with Crippen LogP contribution in [0.15, 0.2) is 48.7 Å². The zero-order chi connectivity index (χ0) is 10.1. The molecule has 0 saturated heterocycles. The molecule has 1 radical (unpaired) electrons. The molecule has 2 heterocycles. The van der Waals surface area contributed by atoms with Crippen molar-refractivity contribution in [3.05, 3.63) is 54.0 Å². The molecule has 0 aliphatic rings. The highest BCUT2D eigenvalue weighted by Crippen LogP contribution is 2.30. The third-order valence-electron chi connectivity index (χ3n) is 2.39. The molecule has 2 aromatic heterocycles. The molecule has 3 aromatic rings. The van der Waals surface area contributed by atoms with E-state index < -0.39 is 0 Å². The van der Waals surface area contributed by atoms with Gasteiger partial charge in [-0.2, -0.15) is 0 Å². The van der Waals surface area contributed by atoms with Gasteiger partial charge in [-0.1, -0.05) is 18.2 Å². The van der Waals surface area contributed by atoms with E-state index >= 15 is 0 Å². The van der Waals surface area contributed by atoms with Crippen molar-refractivity contribution in [3.63, 3.8) is 0 Å². The van der Waals surface area contributed by atoms with E-state index in [0.717, 1.165) is 5.52 Å². The lowest BCUT2D eigenvalue weighted by atomic mass is 10.1. The van der Waals surface area contributed by atoms with E-state index in [2.05, 4.69) is 28.6 Å². The molecule has 0 unspecified atom stereocenters. The molecule has 0 aliphatic carbocycles. The first-order valence-electron chi connectivity index (χ1n) is 4.75. The van der Waals surface area contributed by atoms with Gasteiger partial charge < -0.3 is 0 Å². The summed E-state index contributed by atoms with van der Waals surface area (Å²) >= 11 is 1.64. The molecule has 2 heteroatoms. The molecular weight excluding hydrogens is 202 g/mol. The molecule has 1 aromatic carbocycles. The molecule has 71 valence electrons. The van der Waals surface area contributed by atoms with Crippen LogP contribution in [0.2, 0.25) is 0 Å². The zero-order valence-corrected chi connectivity index (χ0v) is 8.79. The number of hydrogen-bond donors (Lipinski definition) is 0. The van der Waals surface area contributed by atoms with Crippen LogP contribution in [0.25, 0.3) is 21.3 Å². The summed E-state index contributed by atoms with van der Waals surface area (Å²) in [6.07, 6.45) is 1.86. The smallest absolute Gasteiger partial charge is 0.0708 e. The molecule has 0 aliphatic heterocycles. The number of thiophene rings is 1. The molecule has 0 fully saturated rings. The maximum atomic E-state index is 4.35. The van der Waals surface area contributed by atoms with E-state index in [9.17, 15) is 0 Å². The Morgan fingerprint density at radius 2 is 2.00 bits per heavy atom. The molecule has 0 bridgehead atoms. The van der Waals surface area contributed by atoms with Crippen LogP contribution in [0.3, 0.4) is 0 Å². The second-order valence-electron chi connectivity index (χ2n) is 3.29. The van der Waals surface area contributed by atoms with Gasteiger partial charge in [0.25, 0.3) is 0 Å². The number of fused-ring (bicyclic) bond motifs is 1. The summed E-state index contributed by atoms with van der Waals surface area (Å²) in [5, 5.41) is 4.32. The average Bonchev–Trinajstić information content (AvgIpc) is 2.82. The molecule has 0 N–H and O–H groups in total. The van der Waals surface area contributed by atoms with Gasteiger partial charge in [-0.05, 0) is 24.3 Å². The Labute approximate surface area is 92.0 Å². The monoisotopic (exact) mass is 210 g/mol. The summed E-state index contributed by atoms with van der Waals surface area (Å²) in [7, 11) is 0. The fourth-order valence-electron chi connectivity index (χ4n) is 1.70. The van der Waals surface area contributed by atoms with Crippen molar-refractivity contribution in [1.82, 2.24) is 4.98 Å². The normalized spacial score (nSPS) is 10.7. The summed E-state index contributed by atoms with van der Waals surface area (Å²) in [4.78, 5) is 5.59. The zero-order valence-electron chi connectivity index (χ0n) is 7.97. The van der Waals surface area contributed by atoms with Gasteiger partial charge in [0.2, 0.25) is 0 Å². The molecule has 0 amide bonds. The topological polar surface area (TPSA) is 12.9 Å². The molecule has 1 nitrogen and oxygen atoms in total. The lowest BCUT2D eigenvalue weighted by Gasteiger charge is -2.02. The number of hydrogen-bond acceptors (Lipinski definition) is 2. The van der Waals surface area contributed by atoms with E-state index in [1.54, 1.807) is 11.3 Å². The average molecular weight is 210 g/mol. The van der Waals surface area contributed by atoms with Crippen molar-refractivity contribution in [1.29, 1.82) is 0 Å². The highest BCUT2D eigenvalue weighted by atomic mass is 32.1. The van der Waals surface area contributed by atoms with Crippen LogP contribution in [0.5, 0.6) is 0 Å². The van der Waals surface area contributed by atoms with Gasteiger partial charge in [0.1, 0.15) is 0 Å². The summed E-state index contributed by atoms with van der Waals surface area (Å²) in [5.74, 6) is 0. The van der Waals surface area contributed by atoms with Crippen molar-refractivity contribution in [2.24, 2.45) is 0 Å². The minimum absolute atomic E-state index is 1.04. The van der Waals surface area contributed by atoms with Crippen LogP contribution < -0.4 is 0 Å². The number of aromatic nitrogens is 1. The Kier molecular flexibility index (Phi) is 2.00. The molecule has 3 rings (SSSR count). The van der Waals surface area contributed by atoms with Crippen molar-refractivity contribution >= 4 is 22.2 Å². The fraction of sp³-hybridized carbons (Fsp3) is 0. The quantitative estimate of drug-likeness (QED) is 0.596. The minimum atomic E-state index is 1.04. The highest BCUT2D eigenvalue weighted by molar-refractivity contribution is 7.13. The number of para-hydroxylation sites is 1. The van der Waals surface area contributed by atoms with E-state index in [4.69, 9.17) is 0 Å². The maximum absolute atomic E-state index is 4.35. The minimum Gasteiger partial charge on any atom is -0.256 e.